The van der Waals surface area contributed by atoms with Gasteiger partial charge in [-0.25, -0.2) is 0 Å². The third-order valence-electron chi connectivity index (χ3n) is 5.82. The number of para-hydroxylation sites is 1. The van der Waals surface area contributed by atoms with Gasteiger partial charge in [-0.3, -0.25) is 0 Å². The van der Waals surface area contributed by atoms with Gasteiger partial charge >= 0.3 is 0 Å². The average molecular weight is 466 g/mol. The number of ether oxygens (including phenoxy) is 4. The molecule has 2 atom stereocenters. The van der Waals surface area contributed by atoms with Crippen LogP contribution in [0.5, 0.6) is 23.0 Å². The van der Waals surface area contributed by atoms with Crippen LogP contribution in [0.15, 0.2) is 66.7 Å². The molecular weight excluding hydrogens is 430 g/mol. The molecule has 34 heavy (non-hydrogen) atoms. The Morgan fingerprint density at radius 3 is 2.32 bits per heavy atom. The van der Waals surface area contributed by atoms with Gasteiger partial charge in [-0.2, -0.15) is 0 Å². The van der Waals surface area contributed by atoms with Crippen LogP contribution in [0, 0.1) is 0 Å². The molecule has 0 aliphatic rings. The number of methoxy groups -OCH3 is 3. The van der Waals surface area contributed by atoms with E-state index < -0.39 is 6.10 Å². The van der Waals surface area contributed by atoms with E-state index >= 15 is 0 Å². The molecule has 6 heteroatoms. The minimum absolute atomic E-state index is 0.0712. The second-order valence-electron chi connectivity index (χ2n) is 8.15. The molecule has 0 radical (unpaired) electrons. The van der Waals surface area contributed by atoms with Gasteiger partial charge in [0.2, 0.25) is 0 Å². The summed E-state index contributed by atoms with van der Waals surface area (Å²) in [6, 6.07) is 21.3. The smallest absolute Gasteiger partial charge is 0.167 e. The summed E-state index contributed by atoms with van der Waals surface area (Å²) in [4.78, 5) is 0. The van der Waals surface area contributed by atoms with Crippen LogP contribution in [0.3, 0.4) is 0 Å². The fourth-order valence-electron chi connectivity index (χ4n) is 3.84. The summed E-state index contributed by atoms with van der Waals surface area (Å²) in [6.07, 6.45) is 1.33. The fraction of sp³-hybridized carbons (Fsp3) is 0.357. The number of aliphatic hydroxyl groups is 1. The van der Waals surface area contributed by atoms with Crippen molar-refractivity contribution in [2.45, 2.75) is 38.5 Å². The Labute approximate surface area is 202 Å². The third kappa shape index (κ3) is 6.89. The van der Waals surface area contributed by atoms with Crippen LogP contribution in [-0.4, -0.2) is 39.0 Å². The molecule has 0 amide bonds. The lowest BCUT2D eigenvalue weighted by molar-refractivity contribution is 0.136. The average Bonchev–Trinajstić information content (AvgIpc) is 2.89. The van der Waals surface area contributed by atoms with E-state index in [1.54, 1.807) is 21.3 Å². The molecule has 2 unspecified atom stereocenters. The molecule has 0 spiro atoms. The maximum atomic E-state index is 10.7. The summed E-state index contributed by atoms with van der Waals surface area (Å²) in [6.45, 7) is 3.17. The fourth-order valence-corrected chi connectivity index (χ4v) is 3.84. The molecule has 0 aliphatic carbocycles. The van der Waals surface area contributed by atoms with E-state index in [4.69, 9.17) is 18.9 Å². The topological polar surface area (TPSA) is 69.2 Å². The molecule has 2 N–H and O–H groups in total. The maximum absolute atomic E-state index is 10.7. The second kappa shape index (κ2) is 12.9. The zero-order chi connectivity index (χ0) is 24.3. The summed E-state index contributed by atoms with van der Waals surface area (Å²) >= 11 is 0. The molecule has 0 fully saturated rings. The number of rotatable bonds is 13. The van der Waals surface area contributed by atoms with Gasteiger partial charge in [0.15, 0.2) is 11.5 Å². The van der Waals surface area contributed by atoms with Crippen LogP contribution in [0.25, 0.3) is 0 Å². The lowest BCUT2D eigenvalue weighted by atomic mass is 10.0. The first kappa shape index (κ1) is 25.4. The van der Waals surface area contributed by atoms with Crippen LogP contribution < -0.4 is 24.3 Å². The van der Waals surface area contributed by atoms with Crippen LogP contribution in [-0.2, 0) is 13.0 Å². The molecule has 0 heterocycles. The number of benzene rings is 3. The Hall–Kier alpha value is -3.22. The van der Waals surface area contributed by atoms with Crippen LogP contribution in [0.1, 0.15) is 36.1 Å². The van der Waals surface area contributed by atoms with Crippen molar-refractivity contribution in [2.24, 2.45) is 0 Å². The van der Waals surface area contributed by atoms with Crippen LogP contribution in [0.4, 0.5) is 0 Å². The number of hydrogen-bond acceptors (Lipinski definition) is 6. The van der Waals surface area contributed by atoms with Gasteiger partial charge in [-0.1, -0.05) is 36.4 Å². The van der Waals surface area contributed by atoms with Gasteiger partial charge in [0.25, 0.3) is 0 Å². The SMILES string of the molecule is COc1cccc(CCCNC(C)C(O)c2ccc(OCc3cccc(OC)c3OC)cc2)c1. The van der Waals surface area contributed by atoms with E-state index in [2.05, 4.69) is 17.4 Å². The maximum Gasteiger partial charge on any atom is 0.167 e. The Bertz CT molecular complexity index is 1020. The van der Waals surface area contributed by atoms with Gasteiger partial charge in [-0.15, -0.1) is 0 Å². The van der Waals surface area contributed by atoms with Crippen molar-refractivity contribution < 1.29 is 24.1 Å². The lowest BCUT2D eigenvalue weighted by Crippen LogP contribution is -2.33. The first-order valence-electron chi connectivity index (χ1n) is 11.5. The molecule has 0 saturated carbocycles. The highest BCUT2D eigenvalue weighted by molar-refractivity contribution is 5.46. The first-order valence-corrected chi connectivity index (χ1v) is 11.5. The molecule has 3 rings (SSSR count). The van der Waals surface area contributed by atoms with Crippen molar-refractivity contribution in [3.05, 3.63) is 83.4 Å². The summed E-state index contributed by atoms with van der Waals surface area (Å²) < 4.78 is 22.0. The van der Waals surface area contributed by atoms with Crippen molar-refractivity contribution in [1.29, 1.82) is 0 Å². The van der Waals surface area contributed by atoms with Crippen molar-refractivity contribution >= 4 is 0 Å². The molecular formula is C28H35NO5. The molecule has 3 aromatic carbocycles. The minimum atomic E-state index is -0.607. The number of aryl methyl sites for hydroxylation is 1. The zero-order valence-corrected chi connectivity index (χ0v) is 20.4. The summed E-state index contributed by atoms with van der Waals surface area (Å²) in [5.41, 5.74) is 2.99. The molecule has 182 valence electrons. The molecule has 3 aromatic rings. The van der Waals surface area contributed by atoms with Gasteiger partial charge in [-0.05, 0) is 67.8 Å². The van der Waals surface area contributed by atoms with Crippen molar-refractivity contribution in [3.8, 4) is 23.0 Å². The summed E-state index contributed by atoms with van der Waals surface area (Å²) in [5, 5.41) is 14.2. The summed E-state index contributed by atoms with van der Waals surface area (Å²) in [5.74, 6) is 2.94. The van der Waals surface area contributed by atoms with Gasteiger partial charge in [0.05, 0.1) is 27.4 Å². The monoisotopic (exact) mass is 465 g/mol. The predicted molar refractivity (Wildman–Crippen MR) is 134 cm³/mol. The largest absolute Gasteiger partial charge is 0.497 e. The van der Waals surface area contributed by atoms with E-state index in [0.717, 1.165) is 42.0 Å². The highest BCUT2D eigenvalue weighted by Gasteiger charge is 2.16. The standard InChI is InChI=1S/C28H35NO5/c1-20(29-17-7-9-21-8-5-11-25(18-21)31-2)27(30)22-13-15-24(16-14-22)34-19-23-10-6-12-26(32-3)28(23)33-4/h5-6,8,10-16,18,20,27,29-30H,7,9,17,19H2,1-4H3. The first-order chi connectivity index (χ1) is 16.5. The van der Waals surface area contributed by atoms with E-state index in [1.165, 1.54) is 5.56 Å². The second-order valence-corrected chi connectivity index (χ2v) is 8.15. The Balaban J connectivity index is 1.47. The molecule has 0 aromatic heterocycles. The summed E-state index contributed by atoms with van der Waals surface area (Å²) in [7, 11) is 4.91. The van der Waals surface area contributed by atoms with E-state index in [9.17, 15) is 5.11 Å². The number of aliphatic hydroxyl groups excluding tert-OH is 1. The molecule has 0 saturated heterocycles. The van der Waals surface area contributed by atoms with E-state index in [0.29, 0.717) is 18.1 Å². The van der Waals surface area contributed by atoms with E-state index in [1.807, 2.05) is 61.5 Å². The lowest BCUT2D eigenvalue weighted by Gasteiger charge is -2.21. The normalized spacial score (nSPS) is 12.6. The number of nitrogens with one attached hydrogen (secondary N) is 1. The minimum Gasteiger partial charge on any atom is -0.497 e. The Kier molecular flexibility index (Phi) is 9.62. The molecule has 0 aliphatic heterocycles. The van der Waals surface area contributed by atoms with Gasteiger partial charge < -0.3 is 29.4 Å². The van der Waals surface area contributed by atoms with Crippen molar-refractivity contribution in [2.75, 3.05) is 27.9 Å². The van der Waals surface area contributed by atoms with E-state index in [-0.39, 0.29) is 6.04 Å². The Morgan fingerprint density at radius 2 is 1.62 bits per heavy atom. The highest BCUT2D eigenvalue weighted by Crippen LogP contribution is 2.31. The molecule has 0 bridgehead atoms. The van der Waals surface area contributed by atoms with Crippen molar-refractivity contribution in [3.63, 3.8) is 0 Å². The Morgan fingerprint density at radius 1 is 0.853 bits per heavy atom. The number of hydrogen-bond donors (Lipinski definition) is 2. The van der Waals surface area contributed by atoms with Crippen LogP contribution >= 0.6 is 0 Å². The molecule has 6 nitrogen and oxygen atoms in total. The van der Waals surface area contributed by atoms with Gasteiger partial charge in [0, 0.05) is 11.6 Å². The quantitative estimate of drug-likeness (QED) is 0.349. The third-order valence-corrected chi connectivity index (χ3v) is 5.82. The van der Waals surface area contributed by atoms with Crippen LogP contribution in [0.2, 0.25) is 0 Å². The highest BCUT2D eigenvalue weighted by atomic mass is 16.5. The van der Waals surface area contributed by atoms with Crippen molar-refractivity contribution in [1.82, 2.24) is 5.32 Å². The van der Waals surface area contributed by atoms with Gasteiger partial charge in [0.1, 0.15) is 18.1 Å². The predicted octanol–water partition coefficient (Wildman–Crippen LogP) is 4.94. The zero-order valence-electron chi connectivity index (χ0n) is 20.4.